The van der Waals surface area contributed by atoms with Crippen molar-refractivity contribution in [2.75, 3.05) is 13.7 Å². The molecule has 5 heteroatoms. The summed E-state index contributed by atoms with van der Waals surface area (Å²) >= 11 is 0. The molecule has 0 saturated heterocycles. The van der Waals surface area contributed by atoms with Crippen LogP contribution in [0.2, 0.25) is 0 Å². The smallest absolute Gasteiger partial charge is 0.335 e. The lowest BCUT2D eigenvalue weighted by molar-refractivity contribution is 0.0696. The van der Waals surface area contributed by atoms with Crippen LogP contribution < -0.4 is 0 Å². The van der Waals surface area contributed by atoms with Crippen molar-refractivity contribution in [3.63, 3.8) is 0 Å². The molecule has 1 aromatic rings. The molecular weight excluding hydrogens is 212 g/mol. The van der Waals surface area contributed by atoms with Crippen LogP contribution in [0.3, 0.4) is 0 Å². The molecule has 0 saturated carbocycles. The second-order valence-corrected chi connectivity index (χ2v) is 3.35. The van der Waals surface area contributed by atoms with Crippen LogP contribution in [0.4, 0.5) is 0 Å². The van der Waals surface area contributed by atoms with Crippen molar-refractivity contribution in [1.82, 2.24) is 0 Å². The van der Waals surface area contributed by atoms with E-state index in [4.69, 9.17) is 5.11 Å². The van der Waals surface area contributed by atoms with Crippen molar-refractivity contribution < 1.29 is 24.5 Å². The van der Waals surface area contributed by atoms with Gasteiger partial charge in [-0.05, 0) is 24.6 Å². The Morgan fingerprint density at radius 1 is 1.38 bits per heavy atom. The lowest BCUT2D eigenvalue weighted by Crippen LogP contribution is -2.09. The molecule has 1 aromatic carbocycles. The first kappa shape index (κ1) is 12.2. The van der Waals surface area contributed by atoms with Gasteiger partial charge < -0.3 is 14.9 Å². The van der Waals surface area contributed by atoms with Crippen molar-refractivity contribution in [2.45, 2.75) is 6.92 Å². The number of methoxy groups -OCH3 is 1. The van der Waals surface area contributed by atoms with Crippen LogP contribution >= 0.6 is 0 Å². The minimum absolute atomic E-state index is 0.0285. The summed E-state index contributed by atoms with van der Waals surface area (Å²) in [5.74, 6) is -1.80. The maximum absolute atomic E-state index is 11.5. The number of phenols is 1. The first-order valence-corrected chi connectivity index (χ1v) is 4.56. The minimum Gasteiger partial charge on any atom is -0.507 e. The predicted molar refractivity (Wildman–Crippen MR) is 56.0 cm³/mol. The van der Waals surface area contributed by atoms with E-state index < -0.39 is 11.8 Å². The third-order valence-corrected chi connectivity index (χ3v) is 2.12. The molecule has 0 radical (unpaired) electrons. The molecule has 0 aromatic heterocycles. The summed E-state index contributed by atoms with van der Waals surface area (Å²) in [6, 6.07) is 2.45. The highest BCUT2D eigenvalue weighted by Crippen LogP contribution is 2.24. The average molecular weight is 224 g/mol. The zero-order valence-corrected chi connectivity index (χ0v) is 8.98. The van der Waals surface area contributed by atoms with Crippen LogP contribution in [-0.4, -0.2) is 35.7 Å². The number of rotatable bonds is 4. The lowest BCUT2D eigenvalue weighted by atomic mass is 10.0. The average Bonchev–Trinajstić information content (AvgIpc) is 2.21. The molecule has 0 heterocycles. The van der Waals surface area contributed by atoms with Crippen LogP contribution in [0.15, 0.2) is 12.1 Å². The van der Waals surface area contributed by atoms with Crippen molar-refractivity contribution in [3.8, 4) is 5.75 Å². The van der Waals surface area contributed by atoms with E-state index in [0.717, 1.165) is 6.07 Å². The monoisotopic (exact) mass is 224 g/mol. The van der Waals surface area contributed by atoms with Crippen LogP contribution in [0.25, 0.3) is 0 Å². The number of ketones is 1. The van der Waals surface area contributed by atoms with E-state index in [0.29, 0.717) is 5.56 Å². The van der Waals surface area contributed by atoms with E-state index in [2.05, 4.69) is 4.74 Å². The summed E-state index contributed by atoms with van der Waals surface area (Å²) in [5.41, 5.74) is 0.286. The number of carbonyl (C=O) groups excluding carboxylic acids is 1. The zero-order valence-electron chi connectivity index (χ0n) is 8.98. The Morgan fingerprint density at radius 2 is 2.00 bits per heavy atom. The number of aromatic carboxylic acids is 1. The lowest BCUT2D eigenvalue weighted by Gasteiger charge is -2.07. The summed E-state index contributed by atoms with van der Waals surface area (Å²) in [7, 11) is 1.35. The third-order valence-electron chi connectivity index (χ3n) is 2.12. The maximum atomic E-state index is 11.5. The first-order valence-electron chi connectivity index (χ1n) is 4.56. The van der Waals surface area contributed by atoms with Gasteiger partial charge in [0.25, 0.3) is 0 Å². The highest BCUT2D eigenvalue weighted by Gasteiger charge is 2.16. The van der Waals surface area contributed by atoms with Crippen molar-refractivity contribution >= 4 is 11.8 Å². The highest BCUT2D eigenvalue weighted by molar-refractivity contribution is 6.02. The van der Waals surface area contributed by atoms with E-state index in [-0.39, 0.29) is 23.5 Å². The standard InChI is InChI=1S/C11H12O5/c1-6-3-7(11(14)15)4-8(10(6)13)9(12)5-16-2/h3-4,13H,5H2,1-2H3,(H,14,15). The Bertz CT molecular complexity index is 436. The number of hydrogen-bond acceptors (Lipinski definition) is 4. The summed E-state index contributed by atoms with van der Waals surface area (Å²) in [5, 5.41) is 18.4. The summed E-state index contributed by atoms with van der Waals surface area (Å²) in [6.45, 7) is 1.33. The number of hydrogen-bond donors (Lipinski definition) is 2. The van der Waals surface area contributed by atoms with Gasteiger partial charge in [-0.15, -0.1) is 0 Å². The van der Waals surface area contributed by atoms with Crippen LogP contribution in [-0.2, 0) is 4.74 Å². The molecule has 2 N–H and O–H groups in total. The van der Waals surface area contributed by atoms with Crippen molar-refractivity contribution in [1.29, 1.82) is 0 Å². The molecule has 0 amide bonds. The number of carboxylic acids is 1. The number of carbonyl (C=O) groups is 2. The van der Waals surface area contributed by atoms with Crippen LogP contribution in [0.5, 0.6) is 5.75 Å². The predicted octanol–water partition coefficient (Wildman–Crippen LogP) is 1.23. The normalized spacial score (nSPS) is 10.1. The van der Waals surface area contributed by atoms with E-state index in [9.17, 15) is 14.7 Å². The van der Waals surface area contributed by atoms with Gasteiger partial charge in [0.2, 0.25) is 0 Å². The number of Topliss-reactive ketones (excluding diaryl/α,β-unsaturated/α-hetero) is 1. The Hall–Kier alpha value is -1.88. The Morgan fingerprint density at radius 3 is 2.50 bits per heavy atom. The number of carboxylic acid groups (broad SMARTS) is 1. The van der Waals surface area contributed by atoms with Crippen LogP contribution in [0.1, 0.15) is 26.3 Å². The quantitative estimate of drug-likeness (QED) is 0.751. The minimum atomic E-state index is -1.14. The number of phenolic OH excluding ortho intramolecular Hbond substituents is 1. The van der Waals surface area contributed by atoms with Gasteiger partial charge in [-0.1, -0.05) is 0 Å². The fourth-order valence-electron chi connectivity index (χ4n) is 1.32. The summed E-state index contributed by atoms with van der Waals surface area (Å²) in [6.07, 6.45) is 0. The number of benzene rings is 1. The van der Waals surface area contributed by atoms with E-state index in [1.165, 1.54) is 20.1 Å². The van der Waals surface area contributed by atoms with Gasteiger partial charge in [-0.25, -0.2) is 4.79 Å². The SMILES string of the molecule is COCC(=O)c1cc(C(=O)O)cc(C)c1O. The molecule has 0 aliphatic rings. The van der Waals surface area contributed by atoms with E-state index in [1.807, 2.05) is 0 Å². The topological polar surface area (TPSA) is 83.8 Å². The van der Waals surface area contributed by atoms with Gasteiger partial charge in [0.05, 0.1) is 11.1 Å². The Labute approximate surface area is 92.3 Å². The third kappa shape index (κ3) is 2.38. The molecule has 0 bridgehead atoms. The number of aromatic hydroxyl groups is 1. The van der Waals surface area contributed by atoms with Gasteiger partial charge in [0.15, 0.2) is 5.78 Å². The summed E-state index contributed by atoms with van der Waals surface area (Å²) in [4.78, 5) is 22.3. The number of aryl methyl sites for hydroxylation is 1. The molecule has 1 rings (SSSR count). The fraction of sp³-hybridized carbons (Fsp3) is 0.273. The highest BCUT2D eigenvalue weighted by atomic mass is 16.5. The molecule has 0 aliphatic carbocycles. The van der Waals surface area contributed by atoms with E-state index >= 15 is 0 Å². The molecule has 0 fully saturated rings. The van der Waals surface area contributed by atoms with Gasteiger partial charge in [0.1, 0.15) is 12.4 Å². The Balaban J connectivity index is 3.26. The molecule has 5 nitrogen and oxygen atoms in total. The number of ether oxygens (including phenoxy) is 1. The molecule has 16 heavy (non-hydrogen) atoms. The molecule has 0 atom stereocenters. The molecule has 0 aliphatic heterocycles. The van der Waals surface area contributed by atoms with Gasteiger partial charge in [-0.2, -0.15) is 0 Å². The molecule has 0 spiro atoms. The largest absolute Gasteiger partial charge is 0.507 e. The summed E-state index contributed by atoms with van der Waals surface area (Å²) < 4.78 is 4.65. The van der Waals surface area contributed by atoms with Crippen molar-refractivity contribution in [3.05, 3.63) is 28.8 Å². The zero-order chi connectivity index (χ0) is 12.3. The Kier molecular flexibility index (Phi) is 3.63. The molecular formula is C11H12O5. The second-order valence-electron chi connectivity index (χ2n) is 3.35. The van der Waals surface area contributed by atoms with Gasteiger partial charge in [0, 0.05) is 7.11 Å². The first-order chi connectivity index (χ1) is 7.47. The van der Waals surface area contributed by atoms with Crippen molar-refractivity contribution in [2.24, 2.45) is 0 Å². The molecule has 86 valence electrons. The molecule has 0 unspecified atom stereocenters. The fourth-order valence-corrected chi connectivity index (χ4v) is 1.32. The van der Waals surface area contributed by atoms with Crippen LogP contribution in [0, 0.1) is 6.92 Å². The van der Waals surface area contributed by atoms with E-state index in [1.54, 1.807) is 0 Å². The van der Waals surface area contributed by atoms with Gasteiger partial charge in [-0.3, -0.25) is 4.79 Å². The second kappa shape index (κ2) is 4.76. The maximum Gasteiger partial charge on any atom is 0.335 e. The van der Waals surface area contributed by atoms with Gasteiger partial charge >= 0.3 is 5.97 Å².